The Labute approximate surface area is 156 Å². The van der Waals surface area contributed by atoms with Crippen molar-refractivity contribution < 1.29 is 9.53 Å². The first-order valence-electron chi connectivity index (χ1n) is 8.95. The molecule has 0 unspecified atom stereocenters. The predicted octanol–water partition coefficient (Wildman–Crippen LogP) is 2.36. The Balaban J connectivity index is 1.75. The highest BCUT2D eigenvalue weighted by molar-refractivity contribution is 5.93. The minimum atomic E-state index is -0.0629. The lowest BCUT2D eigenvalue weighted by Crippen LogP contribution is -2.35. The molecule has 1 saturated heterocycles. The largest absolute Gasteiger partial charge is 0.480 e. The fourth-order valence-electron chi connectivity index (χ4n) is 3.15. The number of carbonyl (C=O) groups is 1. The maximum absolute atomic E-state index is 12.9. The highest BCUT2D eigenvalue weighted by atomic mass is 16.5. The number of methoxy groups -OCH3 is 1. The van der Waals surface area contributed by atoms with E-state index in [-0.39, 0.29) is 5.91 Å². The number of nitrogens with zero attached hydrogens (tertiary/aromatic N) is 6. The van der Waals surface area contributed by atoms with Crippen LogP contribution in [-0.2, 0) is 0 Å². The smallest absolute Gasteiger partial charge is 0.274 e. The molecule has 1 aliphatic rings. The molecule has 8 nitrogen and oxygen atoms in total. The number of likely N-dealkylation sites (tertiary alicyclic amines) is 1. The zero-order chi connectivity index (χ0) is 18.6. The molecule has 3 aromatic rings. The SMILES string of the molecule is COc1ccc(-n2nc(C(=O)N3CCCCC3)cc2-c2ccccn2)nn1. The number of rotatable bonds is 4. The second-order valence-corrected chi connectivity index (χ2v) is 6.33. The van der Waals surface area contributed by atoms with Crippen LogP contribution in [0.5, 0.6) is 5.88 Å². The van der Waals surface area contributed by atoms with E-state index in [0.717, 1.165) is 25.9 Å². The van der Waals surface area contributed by atoms with E-state index < -0.39 is 0 Å². The summed E-state index contributed by atoms with van der Waals surface area (Å²) in [5, 5.41) is 12.7. The molecule has 0 bridgehead atoms. The second kappa shape index (κ2) is 7.53. The Bertz CT molecular complexity index is 917. The predicted molar refractivity (Wildman–Crippen MR) is 98.7 cm³/mol. The molecule has 27 heavy (non-hydrogen) atoms. The second-order valence-electron chi connectivity index (χ2n) is 6.33. The summed E-state index contributed by atoms with van der Waals surface area (Å²) in [6, 6.07) is 10.8. The van der Waals surface area contributed by atoms with Crippen LogP contribution in [0, 0.1) is 0 Å². The molecule has 4 rings (SSSR count). The maximum Gasteiger partial charge on any atom is 0.274 e. The van der Waals surface area contributed by atoms with Crippen LogP contribution in [0.1, 0.15) is 29.8 Å². The van der Waals surface area contributed by atoms with Crippen LogP contribution in [0.25, 0.3) is 17.2 Å². The molecular formula is C19H20N6O2. The molecule has 8 heteroatoms. The zero-order valence-electron chi connectivity index (χ0n) is 15.1. The molecule has 0 radical (unpaired) electrons. The van der Waals surface area contributed by atoms with Gasteiger partial charge in [-0.05, 0) is 43.5 Å². The van der Waals surface area contributed by atoms with Gasteiger partial charge in [-0.1, -0.05) is 6.07 Å². The summed E-state index contributed by atoms with van der Waals surface area (Å²) in [5.74, 6) is 0.844. The van der Waals surface area contributed by atoms with Gasteiger partial charge in [-0.3, -0.25) is 9.78 Å². The topological polar surface area (TPSA) is 86.0 Å². The average Bonchev–Trinajstić information content (AvgIpc) is 3.20. The minimum Gasteiger partial charge on any atom is -0.480 e. The van der Waals surface area contributed by atoms with E-state index in [9.17, 15) is 4.79 Å². The fraction of sp³-hybridized carbons (Fsp3) is 0.316. The summed E-state index contributed by atoms with van der Waals surface area (Å²) >= 11 is 0. The lowest BCUT2D eigenvalue weighted by atomic mass is 10.1. The highest BCUT2D eigenvalue weighted by Gasteiger charge is 2.23. The molecule has 138 valence electrons. The molecule has 0 saturated carbocycles. The number of hydrogen-bond acceptors (Lipinski definition) is 6. The third kappa shape index (κ3) is 3.51. The molecular weight excluding hydrogens is 344 g/mol. The number of amides is 1. The monoisotopic (exact) mass is 364 g/mol. The van der Waals surface area contributed by atoms with Crippen LogP contribution in [0.3, 0.4) is 0 Å². The lowest BCUT2D eigenvalue weighted by molar-refractivity contribution is 0.0718. The minimum absolute atomic E-state index is 0.0629. The van der Waals surface area contributed by atoms with Crippen molar-refractivity contribution in [2.75, 3.05) is 20.2 Å². The van der Waals surface area contributed by atoms with Crippen molar-refractivity contribution in [3.8, 4) is 23.1 Å². The van der Waals surface area contributed by atoms with Gasteiger partial charge in [-0.25, -0.2) is 4.68 Å². The van der Waals surface area contributed by atoms with Gasteiger partial charge in [0.15, 0.2) is 11.5 Å². The molecule has 0 atom stereocenters. The molecule has 1 amide bonds. The molecule has 0 spiro atoms. The number of piperidine rings is 1. The average molecular weight is 364 g/mol. The van der Waals surface area contributed by atoms with Crippen LogP contribution in [0.2, 0.25) is 0 Å². The first-order valence-corrected chi connectivity index (χ1v) is 8.95. The third-order valence-electron chi connectivity index (χ3n) is 4.55. The number of pyridine rings is 1. The van der Waals surface area contributed by atoms with E-state index >= 15 is 0 Å². The number of carbonyl (C=O) groups excluding carboxylic acids is 1. The van der Waals surface area contributed by atoms with Gasteiger partial charge >= 0.3 is 0 Å². The molecule has 1 fully saturated rings. The van der Waals surface area contributed by atoms with Crippen molar-refractivity contribution in [1.82, 2.24) is 29.9 Å². The summed E-state index contributed by atoms with van der Waals surface area (Å²) in [5.41, 5.74) is 1.78. The molecule has 4 heterocycles. The quantitative estimate of drug-likeness (QED) is 0.706. The van der Waals surface area contributed by atoms with E-state index in [4.69, 9.17) is 4.74 Å². The van der Waals surface area contributed by atoms with Gasteiger partial charge in [-0.15, -0.1) is 10.2 Å². The first kappa shape index (κ1) is 17.1. The summed E-state index contributed by atoms with van der Waals surface area (Å²) in [6.45, 7) is 1.54. The fourth-order valence-corrected chi connectivity index (χ4v) is 3.15. The summed E-state index contributed by atoms with van der Waals surface area (Å²) in [6.07, 6.45) is 4.93. The Hall–Kier alpha value is -3.29. The molecule has 0 aliphatic carbocycles. The van der Waals surface area contributed by atoms with E-state index in [1.54, 1.807) is 29.1 Å². The van der Waals surface area contributed by atoms with Gasteiger partial charge in [0.2, 0.25) is 5.88 Å². The van der Waals surface area contributed by atoms with Crippen molar-refractivity contribution in [3.05, 3.63) is 48.3 Å². The van der Waals surface area contributed by atoms with Gasteiger partial charge in [0.05, 0.1) is 18.5 Å². The van der Waals surface area contributed by atoms with Gasteiger partial charge in [0.25, 0.3) is 5.91 Å². The molecule has 3 aromatic heterocycles. The van der Waals surface area contributed by atoms with Gasteiger partial charge in [-0.2, -0.15) is 5.10 Å². The Kier molecular flexibility index (Phi) is 4.78. The molecule has 1 aliphatic heterocycles. The van der Waals surface area contributed by atoms with Crippen molar-refractivity contribution in [2.45, 2.75) is 19.3 Å². The van der Waals surface area contributed by atoms with Crippen LogP contribution in [0.4, 0.5) is 0 Å². The maximum atomic E-state index is 12.9. The Morgan fingerprint density at radius 2 is 1.93 bits per heavy atom. The Morgan fingerprint density at radius 1 is 1.07 bits per heavy atom. The number of aromatic nitrogens is 5. The Morgan fingerprint density at radius 3 is 2.59 bits per heavy atom. The van der Waals surface area contributed by atoms with Gasteiger partial charge in [0.1, 0.15) is 0 Å². The van der Waals surface area contributed by atoms with E-state index in [0.29, 0.717) is 28.8 Å². The summed E-state index contributed by atoms with van der Waals surface area (Å²) in [4.78, 5) is 19.2. The van der Waals surface area contributed by atoms with Crippen LogP contribution in [-0.4, -0.2) is 56.0 Å². The van der Waals surface area contributed by atoms with E-state index in [1.807, 2.05) is 23.1 Å². The number of hydrogen-bond donors (Lipinski definition) is 0. The molecule has 0 N–H and O–H groups in total. The lowest BCUT2D eigenvalue weighted by Gasteiger charge is -2.25. The van der Waals surface area contributed by atoms with Crippen molar-refractivity contribution >= 4 is 5.91 Å². The third-order valence-corrected chi connectivity index (χ3v) is 4.55. The highest BCUT2D eigenvalue weighted by Crippen LogP contribution is 2.23. The molecule has 0 aromatic carbocycles. The summed E-state index contributed by atoms with van der Waals surface area (Å²) < 4.78 is 6.67. The standard InChI is InChI=1S/C19H20N6O2/c1-27-18-9-8-17(21-22-18)25-16(14-7-3-4-10-20-14)13-15(23-25)19(26)24-11-5-2-6-12-24/h3-4,7-10,13H,2,5-6,11-12H2,1H3. The van der Waals surface area contributed by atoms with Crippen molar-refractivity contribution in [2.24, 2.45) is 0 Å². The zero-order valence-corrected chi connectivity index (χ0v) is 15.1. The number of ether oxygens (including phenoxy) is 1. The van der Waals surface area contributed by atoms with Crippen molar-refractivity contribution in [1.29, 1.82) is 0 Å². The van der Waals surface area contributed by atoms with Crippen LogP contribution >= 0.6 is 0 Å². The van der Waals surface area contributed by atoms with Gasteiger partial charge in [0, 0.05) is 25.4 Å². The van der Waals surface area contributed by atoms with Gasteiger partial charge < -0.3 is 9.64 Å². The first-order chi connectivity index (χ1) is 13.3. The summed E-state index contributed by atoms with van der Waals surface area (Å²) in [7, 11) is 1.53. The van der Waals surface area contributed by atoms with Crippen LogP contribution < -0.4 is 4.74 Å². The van der Waals surface area contributed by atoms with Crippen molar-refractivity contribution in [3.63, 3.8) is 0 Å². The van der Waals surface area contributed by atoms with E-state index in [2.05, 4.69) is 20.3 Å². The van der Waals surface area contributed by atoms with E-state index in [1.165, 1.54) is 13.5 Å². The van der Waals surface area contributed by atoms with Crippen LogP contribution in [0.15, 0.2) is 42.6 Å². The normalized spacial score (nSPS) is 14.2.